The van der Waals surface area contributed by atoms with Crippen LogP contribution in [0.15, 0.2) is 140 Å². The second-order valence-electron chi connectivity index (χ2n) is 13.0. The van der Waals surface area contributed by atoms with Gasteiger partial charge in [-0.2, -0.15) is 0 Å². The van der Waals surface area contributed by atoms with E-state index in [0.29, 0.717) is 5.56 Å². The summed E-state index contributed by atoms with van der Waals surface area (Å²) in [4.78, 5) is 0. The average molecular weight is 681 g/mol. The van der Waals surface area contributed by atoms with E-state index in [4.69, 9.17) is 0 Å². The van der Waals surface area contributed by atoms with E-state index < -0.39 is 28.7 Å². The molecule has 5 heteroatoms. The van der Waals surface area contributed by atoms with E-state index in [1.165, 1.54) is 10.8 Å². The number of phenols is 5. The summed E-state index contributed by atoms with van der Waals surface area (Å²) in [6, 6.07) is 41.5. The van der Waals surface area contributed by atoms with E-state index in [0.717, 1.165) is 72.1 Å². The highest BCUT2D eigenvalue weighted by molar-refractivity contribution is 6.23. The molecule has 0 aliphatic rings. The van der Waals surface area contributed by atoms with Crippen molar-refractivity contribution in [1.82, 2.24) is 0 Å². The lowest BCUT2D eigenvalue weighted by Crippen LogP contribution is -1.93. The first-order chi connectivity index (χ1) is 25.3. The Kier molecular flexibility index (Phi) is 8.04. The Labute approximate surface area is 300 Å². The van der Waals surface area contributed by atoms with E-state index in [1.54, 1.807) is 6.07 Å². The largest absolute Gasteiger partial charge is 0.504 e. The molecule has 0 spiro atoms. The summed E-state index contributed by atoms with van der Waals surface area (Å²) < 4.78 is 0. The van der Waals surface area contributed by atoms with Gasteiger partial charge in [-0.1, -0.05) is 134 Å². The maximum atomic E-state index is 11.0. The quantitative estimate of drug-likeness (QED) is 0.0396. The summed E-state index contributed by atoms with van der Waals surface area (Å²) in [5.41, 5.74) is 6.42. The molecule has 8 rings (SSSR count). The standard InChI is InChI=1S/C47H36O5/c1-3-9-27(10-4-2)28-15-18-30(19-16-28)40-36-13-7-8-14-37(36)41(32-21-23-35-31(25-32)20-17-29-11-5-6-12-34(29)35)39-26-33(22-24-38(39)40)42-43(48)45(50)47(52)46(51)44(42)49/h3,5-26,48-52H,4H2,1-2H3/b9-3-,27-10+. The molecule has 0 unspecified atom stereocenters. The third-order valence-electron chi connectivity index (χ3n) is 9.99. The summed E-state index contributed by atoms with van der Waals surface area (Å²) >= 11 is 0. The highest BCUT2D eigenvalue weighted by atomic mass is 16.4. The second-order valence-corrected chi connectivity index (χ2v) is 13.0. The molecular formula is C47H36O5. The van der Waals surface area contributed by atoms with Crippen LogP contribution in [0.25, 0.3) is 82.0 Å². The van der Waals surface area contributed by atoms with Crippen LogP contribution in [0.5, 0.6) is 28.7 Å². The van der Waals surface area contributed by atoms with Crippen molar-refractivity contribution in [3.05, 3.63) is 145 Å². The molecule has 254 valence electrons. The van der Waals surface area contributed by atoms with Gasteiger partial charge < -0.3 is 25.5 Å². The zero-order chi connectivity index (χ0) is 36.1. The molecule has 0 aliphatic carbocycles. The summed E-state index contributed by atoms with van der Waals surface area (Å²) in [6.07, 6.45) is 7.31. The topological polar surface area (TPSA) is 101 Å². The second kappa shape index (κ2) is 12.9. The molecule has 5 N–H and O–H groups in total. The van der Waals surface area contributed by atoms with Gasteiger partial charge in [0, 0.05) is 0 Å². The number of hydrogen-bond donors (Lipinski definition) is 5. The fourth-order valence-electron chi connectivity index (χ4n) is 7.59. The van der Waals surface area contributed by atoms with Crippen molar-refractivity contribution in [3.63, 3.8) is 0 Å². The van der Waals surface area contributed by atoms with Crippen LogP contribution in [0, 0.1) is 0 Å². The maximum absolute atomic E-state index is 11.0. The minimum Gasteiger partial charge on any atom is -0.504 e. The Morgan fingerprint density at radius 1 is 0.462 bits per heavy atom. The Morgan fingerprint density at radius 3 is 1.62 bits per heavy atom. The van der Waals surface area contributed by atoms with Gasteiger partial charge >= 0.3 is 0 Å². The molecule has 0 heterocycles. The van der Waals surface area contributed by atoms with Crippen LogP contribution in [0.1, 0.15) is 25.8 Å². The van der Waals surface area contributed by atoms with Crippen molar-refractivity contribution in [3.8, 4) is 62.1 Å². The fraction of sp³-hybridized carbons (Fsp3) is 0.0638. The van der Waals surface area contributed by atoms with Gasteiger partial charge in [0.05, 0.1) is 5.56 Å². The summed E-state index contributed by atoms with van der Waals surface area (Å²) in [7, 11) is 0. The van der Waals surface area contributed by atoms with Crippen molar-refractivity contribution in [2.75, 3.05) is 0 Å². The minimum atomic E-state index is -0.994. The van der Waals surface area contributed by atoms with Gasteiger partial charge in [0.1, 0.15) is 0 Å². The number of benzene rings is 8. The van der Waals surface area contributed by atoms with Crippen LogP contribution in [0.3, 0.4) is 0 Å². The van der Waals surface area contributed by atoms with Gasteiger partial charge in [-0.3, -0.25) is 0 Å². The average Bonchev–Trinajstić information content (AvgIpc) is 3.18. The SMILES string of the molecule is C/C=C\C(=C/CC)c1ccc(-c2c3ccccc3c(-c3ccc4c(ccc5ccccc54)c3)c3cc(-c4c(O)c(O)c(O)c(O)c4O)ccc23)cc1. The molecule has 0 aliphatic heterocycles. The number of hydrogen-bond acceptors (Lipinski definition) is 5. The number of aromatic hydroxyl groups is 5. The van der Waals surface area contributed by atoms with E-state index in [2.05, 4.69) is 104 Å². The van der Waals surface area contributed by atoms with Crippen LogP contribution in [0.4, 0.5) is 0 Å². The molecule has 8 aromatic rings. The van der Waals surface area contributed by atoms with Gasteiger partial charge in [0.15, 0.2) is 11.5 Å². The molecule has 0 saturated heterocycles. The highest BCUT2D eigenvalue weighted by Crippen LogP contribution is 2.55. The van der Waals surface area contributed by atoms with Gasteiger partial charge in [-0.25, -0.2) is 0 Å². The molecule has 0 radical (unpaired) electrons. The molecule has 0 atom stereocenters. The Hall–Kier alpha value is -6.72. The molecule has 0 aromatic heterocycles. The van der Waals surface area contributed by atoms with Crippen molar-refractivity contribution in [1.29, 1.82) is 0 Å². The minimum absolute atomic E-state index is 0.191. The monoisotopic (exact) mass is 680 g/mol. The van der Waals surface area contributed by atoms with Crippen molar-refractivity contribution >= 4 is 48.7 Å². The first-order valence-corrected chi connectivity index (χ1v) is 17.3. The summed E-state index contributed by atoms with van der Waals surface area (Å²) in [5, 5.41) is 61.4. The lowest BCUT2D eigenvalue weighted by Gasteiger charge is -2.20. The van der Waals surface area contributed by atoms with Crippen LogP contribution in [0.2, 0.25) is 0 Å². The van der Waals surface area contributed by atoms with Crippen LogP contribution in [-0.4, -0.2) is 25.5 Å². The van der Waals surface area contributed by atoms with Gasteiger partial charge in [-0.15, -0.1) is 0 Å². The molecule has 0 saturated carbocycles. The van der Waals surface area contributed by atoms with Gasteiger partial charge in [-0.05, 0) is 108 Å². The van der Waals surface area contributed by atoms with E-state index in [-0.39, 0.29) is 5.56 Å². The first kappa shape index (κ1) is 32.5. The fourth-order valence-corrected chi connectivity index (χ4v) is 7.59. The zero-order valence-corrected chi connectivity index (χ0v) is 28.7. The summed E-state index contributed by atoms with van der Waals surface area (Å²) in [5.74, 6) is -4.30. The Bertz CT molecular complexity index is 2740. The molecular weight excluding hydrogens is 645 g/mol. The van der Waals surface area contributed by atoms with Crippen LogP contribution in [-0.2, 0) is 0 Å². The van der Waals surface area contributed by atoms with Gasteiger partial charge in [0.25, 0.3) is 0 Å². The zero-order valence-electron chi connectivity index (χ0n) is 28.7. The number of allylic oxidation sites excluding steroid dienone is 4. The number of rotatable bonds is 6. The van der Waals surface area contributed by atoms with Gasteiger partial charge in [0.2, 0.25) is 17.2 Å². The van der Waals surface area contributed by atoms with Crippen molar-refractivity contribution in [2.24, 2.45) is 0 Å². The van der Waals surface area contributed by atoms with E-state index >= 15 is 0 Å². The predicted molar refractivity (Wildman–Crippen MR) is 214 cm³/mol. The molecule has 8 aromatic carbocycles. The third kappa shape index (κ3) is 5.17. The number of phenolic OH excluding ortho intramolecular Hbond substituents is 5. The molecule has 52 heavy (non-hydrogen) atoms. The molecule has 0 amide bonds. The highest BCUT2D eigenvalue weighted by Gasteiger charge is 2.25. The molecule has 0 bridgehead atoms. The Morgan fingerprint density at radius 2 is 0.962 bits per heavy atom. The molecule has 0 fully saturated rings. The molecule has 5 nitrogen and oxygen atoms in total. The first-order valence-electron chi connectivity index (χ1n) is 17.3. The van der Waals surface area contributed by atoms with Crippen molar-refractivity contribution < 1.29 is 25.5 Å². The Balaban J connectivity index is 1.45. The lowest BCUT2D eigenvalue weighted by atomic mass is 9.84. The predicted octanol–water partition coefficient (Wildman–Crippen LogP) is 12.2. The normalized spacial score (nSPS) is 12.2. The summed E-state index contributed by atoms with van der Waals surface area (Å²) in [6.45, 7) is 4.15. The lowest BCUT2D eigenvalue weighted by molar-refractivity contribution is 0.330. The van der Waals surface area contributed by atoms with Crippen LogP contribution >= 0.6 is 0 Å². The van der Waals surface area contributed by atoms with Crippen LogP contribution < -0.4 is 0 Å². The third-order valence-corrected chi connectivity index (χ3v) is 9.99. The van der Waals surface area contributed by atoms with E-state index in [1.807, 2.05) is 43.3 Å². The van der Waals surface area contributed by atoms with E-state index in [9.17, 15) is 25.5 Å². The van der Waals surface area contributed by atoms with Crippen molar-refractivity contribution in [2.45, 2.75) is 20.3 Å². The smallest absolute Gasteiger partial charge is 0.208 e. The maximum Gasteiger partial charge on any atom is 0.208 e. The number of fused-ring (bicyclic) bond motifs is 5.